The van der Waals surface area contributed by atoms with E-state index < -0.39 is 0 Å². The minimum atomic E-state index is -0.360. The van der Waals surface area contributed by atoms with Gasteiger partial charge in [0.15, 0.2) is 0 Å². The van der Waals surface area contributed by atoms with Crippen LogP contribution in [0.1, 0.15) is 18.4 Å². The van der Waals surface area contributed by atoms with E-state index in [4.69, 9.17) is 0 Å². The summed E-state index contributed by atoms with van der Waals surface area (Å²) in [6.45, 7) is 5.57. The van der Waals surface area contributed by atoms with Crippen molar-refractivity contribution in [2.75, 3.05) is 50.7 Å². The first-order chi connectivity index (χ1) is 15.6. The number of carbonyl (C=O) groups is 2. The molecule has 0 bridgehead atoms. The quantitative estimate of drug-likeness (QED) is 0.721. The highest BCUT2D eigenvalue weighted by atomic mass is 19.1. The van der Waals surface area contributed by atoms with Gasteiger partial charge in [0.05, 0.1) is 6.42 Å². The van der Waals surface area contributed by atoms with Crippen LogP contribution in [-0.4, -0.2) is 73.5 Å². The number of anilines is 1. The molecular formula is C25H31FN4O2. The van der Waals surface area contributed by atoms with Gasteiger partial charge in [-0.3, -0.25) is 14.5 Å². The van der Waals surface area contributed by atoms with E-state index >= 15 is 0 Å². The number of benzene rings is 2. The Morgan fingerprint density at radius 1 is 0.938 bits per heavy atom. The number of rotatable bonds is 7. The van der Waals surface area contributed by atoms with Crippen molar-refractivity contribution in [3.05, 3.63) is 66.0 Å². The van der Waals surface area contributed by atoms with Crippen molar-refractivity contribution in [3.63, 3.8) is 0 Å². The number of carbonyl (C=O) groups excluding carboxylic acids is 2. The monoisotopic (exact) mass is 438 g/mol. The van der Waals surface area contributed by atoms with Gasteiger partial charge < -0.3 is 15.1 Å². The van der Waals surface area contributed by atoms with Gasteiger partial charge in [0.25, 0.3) is 0 Å². The Kier molecular flexibility index (Phi) is 7.37. The zero-order valence-electron chi connectivity index (χ0n) is 18.4. The summed E-state index contributed by atoms with van der Waals surface area (Å²) in [5.74, 6) is -0.245. The molecule has 2 aliphatic heterocycles. The van der Waals surface area contributed by atoms with E-state index in [0.29, 0.717) is 19.5 Å². The smallest absolute Gasteiger partial charge is 0.242 e. The Labute approximate surface area is 189 Å². The zero-order chi connectivity index (χ0) is 22.3. The Balaban J connectivity index is 1.19. The molecule has 2 amide bonds. The highest BCUT2D eigenvalue weighted by Gasteiger charge is 2.33. The second kappa shape index (κ2) is 10.6. The number of piperazine rings is 1. The molecule has 6 nitrogen and oxygen atoms in total. The fourth-order valence-corrected chi connectivity index (χ4v) is 4.55. The SMILES string of the molecule is O=C(NCCN1CCN(c2ccc(F)cc2)CC1)C1CCCN1C(=O)Cc1ccccc1. The molecule has 4 rings (SSSR count). The molecule has 2 saturated heterocycles. The lowest BCUT2D eigenvalue weighted by Crippen LogP contribution is -2.50. The van der Waals surface area contributed by atoms with Gasteiger partial charge in [-0.1, -0.05) is 30.3 Å². The van der Waals surface area contributed by atoms with Gasteiger partial charge in [0.2, 0.25) is 11.8 Å². The van der Waals surface area contributed by atoms with Crippen molar-refractivity contribution in [1.82, 2.24) is 15.1 Å². The van der Waals surface area contributed by atoms with Crippen LogP contribution in [0.25, 0.3) is 0 Å². The Morgan fingerprint density at radius 3 is 2.38 bits per heavy atom. The zero-order valence-corrected chi connectivity index (χ0v) is 18.4. The van der Waals surface area contributed by atoms with Gasteiger partial charge in [0, 0.05) is 51.5 Å². The average molecular weight is 439 g/mol. The second-order valence-corrected chi connectivity index (χ2v) is 8.50. The second-order valence-electron chi connectivity index (χ2n) is 8.50. The molecule has 1 unspecified atom stereocenters. The molecule has 2 heterocycles. The molecular weight excluding hydrogens is 407 g/mol. The van der Waals surface area contributed by atoms with E-state index in [2.05, 4.69) is 15.1 Å². The summed E-state index contributed by atoms with van der Waals surface area (Å²) in [6.07, 6.45) is 1.93. The molecule has 0 radical (unpaired) electrons. The van der Waals surface area contributed by atoms with Crippen molar-refractivity contribution in [2.24, 2.45) is 0 Å². The third-order valence-corrected chi connectivity index (χ3v) is 6.37. The summed E-state index contributed by atoms with van der Waals surface area (Å²) in [7, 11) is 0. The van der Waals surface area contributed by atoms with Crippen molar-refractivity contribution in [3.8, 4) is 0 Å². The van der Waals surface area contributed by atoms with Gasteiger partial charge in [-0.25, -0.2) is 4.39 Å². The molecule has 0 spiro atoms. The molecule has 1 N–H and O–H groups in total. The highest BCUT2D eigenvalue weighted by molar-refractivity contribution is 5.89. The van der Waals surface area contributed by atoms with Gasteiger partial charge in [-0.2, -0.15) is 0 Å². The molecule has 2 aromatic carbocycles. The molecule has 0 saturated carbocycles. The van der Waals surface area contributed by atoms with Crippen molar-refractivity contribution < 1.29 is 14.0 Å². The van der Waals surface area contributed by atoms with Crippen LogP contribution in [0.4, 0.5) is 10.1 Å². The van der Waals surface area contributed by atoms with E-state index in [0.717, 1.165) is 56.8 Å². The average Bonchev–Trinajstić information content (AvgIpc) is 3.31. The van der Waals surface area contributed by atoms with Gasteiger partial charge >= 0.3 is 0 Å². The molecule has 0 aromatic heterocycles. The molecule has 2 fully saturated rings. The Bertz CT molecular complexity index is 898. The van der Waals surface area contributed by atoms with Crippen LogP contribution < -0.4 is 10.2 Å². The number of amides is 2. The van der Waals surface area contributed by atoms with Gasteiger partial charge in [-0.05, 0) is 42.7 Å². The van der Waals surface area contributed by atoms with Gasteiger partial charge in [-0.15, -0.1) is 0 Å². The number of hydrogen-bond acceptors (Lipinski definition) is 4. The van der Waals surface area contributed by atoms with E-state index in [1.54, 1.807) is 4.90 Å². The Hall–Kier alpha value is -2.93. The molecule has 2 aromatic rings. The van der Waals surface area contributed by atoms with Gasteiger partial charge in [0.1, 0.15) is 11.9 Å². The summed E-state index contributed by atoms with van der Waals surface area (Å²) in [6, 6.07) is 15.9. The topological polar surface area (TPSA) is 55.9 Å². The number of likely N-dealkylation sites (tertiary alicyclic amines) is 1. The third kappa shape index (κ3) is 5.65. The number of nitrogens with one attached hydrogen (secondary N) is 1. The summed E-state index contributed by atoms with van der Waals surface area (Å²) in [4.78, 5) is 31.8. The van der Waals surface area contributed by atoms with Crippen LogP contribution in [0.5, 0.6) is 0 Å². The maximum absolute atomic E-state index is 13.1. The molecule has 7 heteroatoms. The molecule has 170 valence electrons. The van der Waals surface area contributed by atoms with E-state index in [9.17, 15) is 14.0 Å². The summed E-state index contributed by atoms with van der Waals surface area (Å²) in [5.41, 5.74) is 2.02. The standard InChI is InChI=1S/C25H31FN4O2/c26-21-8-10-22(11-9-21)29-17-15-28(16-18-29)14-12-27-25(32)23-7-4-13-30(23)24(31)19-20-5-2-1-3-6-20/h1-3,5-6,8-11,23H,4,7,12-19H2,(H,27,32). The predicted molar refractivity (Wildman–Crippen MR) is 123 cm³/mol. The molecule has 32 heavy (non-hydrogen) atoms. The van der Waals surface area contributed by atoms with Crippen LogP contribution in [-0.2, 0) is 16.0 Å². The first kappa shape index (κ1) is 22.3. The number of hydrogen-bond donors (Lipinski definition) is 1. The number of nitrogens with zero attached hydrogens (tertiary/aromatic N) is 3. The summed E-state index contributed by atoms with van der Waals surface area (Å²) in [5, 5.41) is 3.04. The van der Waals surface area contributed by atoms with Crippen molar-refractivity contribution in [2.45, 2.75) is 25.3 Å². The minimum absolute atomic E-state index is 0.0192. The summed E-state index contributed by atoms with van der Waals surface area (Å²) < 4.78 is 13.1. The van der Waals surface area contributed by atoms with E-state index in [1.807, 2.05) is 42.5 Å². The van der Waals surface area contributed by atoms with Crippen LogP contribution in [0.3, 0.4) is 0 Å². The molecule has 1 atom stereocenters. The minimum Gasteiger partial charge on any atom is -0.369 e. The van der Waals surface area contributed by atoms with Crippen LogP contribution >= 0.6 is 0 Å². The predicted octanol–water partition coefficient (Wildman–Crippen LogP) is 2.30. The van der Waals surface area contributed by atoms with Crippen molar-refractivity contribution in [1.29, 1.82) is 0 Å². The fraction of sp³-hybridized carbons (Fsp3) is 0.440. The van der Waals surface area contributed by atoms with Crippen LogP contribution in [0, 0.1) is 5.82 Å². The lowest BCUT2D eigenvalue weighted by molar-refractivity contribution is -0.138. The fourth-order valence-electron chi connectivity index (χ4n) is 4.55. The van der Waals surface area contributed by atoms with Crippen LogP contribution in [0.2, 0.25) is 0 Å². The molecule has 0 aliphatic carbocycles. The largest absolute Gasteiger partial charge is 0.369 e. The van der Waals surface area contributed by atoms with Crippen molar-refractivity contribution >= 4 is 17.5 Å². The normalized spacial score (nSPS) is 19.2. The Morgan fingerprint density at radius 2 is 1.66 bits per heavy atom. The highest BCUT2D eigenvalue weighted by Crippen LogP contribution is 2.19. The summed E-state index contributed by atoms with van der Waals surface area (Å²) >= 11 is 0. The molecule has 2 aliphatic rings. The first-order valence-corrected chi connectivity index (χ1v) is 11.4. The lowest BCUT2D eigenvalue weighted by atomic mass is 10.1. The third-order valence-electron chi connectivity index (χ3n) is 6.37. The maximum atomic E-state index is 13.1. The van der Waals surface area contributed by atoms with E-state index in [-0.39, 0.29) is 23.7 Å². The first-order valence-electron chi connectivity index (χ1n) is 11.4. The maximum Gasteiger partial charge on any atom is 0.242 e. The lowest BCUT2D eigenvalue weighted by Gasteiger charge is -2.36. The van der Waals surface area contributed by atoms with E-state index in [1.165, 1.54) is 12.1 Å². The number of halogens is 1. The van der Waals surface area contributed by atoms with Crippen LogP contribution in [0.15, 0.2) is 54.6 Å².